The summed E-state index contributed by atoms with van der Waals surface area (Å²) in [5.41, 5.74) is 2.18. The van der Waals surface area contributed by atoms with E-state index in [1.807, 2.05) is 54.6 Å². The number of nitrogens with zero attached hydrogens (tertiary/aromatic N) is 4. The van der Waals surface area contributed by atoms with Gasteiger partial charge in [-0.2, -0.15) is 4.98 Å². The first-order valence-electron chi connectivity index (χ1n) is 11.2. The largest absolute Gasteiger partial charge is 0.347 e. The second-order valence-corrected chi connectivity index (χ2v) is 9.19. The van der Waals surface area contributed by atoms with Gasteiger partial charge in [0, 0.05) is 5.02 Å². The molecule has 1 aliphatic carbocycles. The molecule has 166 valence electrons. The van der Waals surface area contributed by atoms with Crippen LogP contribution in [0.15, 0.2) is 66.7 Å². The molecule has 1 N–H and O–H groups in total. The van der Waals surface area contributed by atoms with E-state index in [2.05, 4.69) is 27.5 Å². The lowest BCUT2D eigenvalue weighted by Crippen LogP contribution is -2.32. The molecule has 8 heteroatoms. The van der Waals surface area contributed by atoms with E-state index in [4.69, 9.17) is 11.6 Å². The Hall–Kier alpha value is -3.45. The van der Waals surface area contributed by atoms with Crippen LogP contribution in [0.1, 0.15) is 42.5 Å². The third-order valence-corrected chi connectivity index (χ3v) is 7.09. The molecular formula is C25H22ClN5O2. The Balaban J connectivity index is 1.41. The number of fused-ring (bicyclic) bond motifs is 2. The molecule has 2 aromatic carbocycles. The number of benzene rings is 2. The summed E-state index contributed by atoms with van der Waals surface area (Å²) in [5, 5.41) is 8.80. The summed E-state index contributed by atoms with van der Waals surface area (Å²) in [6, 6.07) is 17.7. The van der Waals surface area contributed by atoms with Crippen molar-refractivity contribution >= 4 is 35.3 Å². The Labute approximate surface area is 196 Å². The van der Waals surface area contributed by atoms with Gasteiger partial charge >= 0.3 is 0 Å². The summed E-state index contributed by atoms with van der Waals surface area (Å²) >= 11 is 6.12. The van der Waals surface area contributed by atoms with Crippen LogP contribution in [-0.2, 0) is 9.59 Å². The Morgan fingerprint density at radius 1 is 0.879 bits per heavy atom. The zero-order chi connectivity index (χ0) is 22.5. The molecule has 0 spiro atoms. The van der Waals surface area contributed by atoms with E-state index in [9.17, 15) is 9.59 Å². The zero-order valence-electron chi connectivity index (χ0n) is 17.8. The van der Waals surface area contributed by atoms with Crippen LogP contribution in [0.4, 0.5) is 11.9 Å². The number of anilines is 2. The molecule has 4 atom stereocenters. The van der Waals surface area contributed by atoms with Gasteiger partial charge in [-0.05, 0) is 42.5 Å². The van der Waals surface area contributed by atoms with E-state index >= 15 is 0 Å². The van der Waals surface area contributed by atoms with Crippen molar-refractivity contribution in [2.45, 2.75) is 31.3 Å². The highest BCUT2D eigenvalue weighted by atomic mass is 35.5. The van der Waals surface area contributed by atoms with E-state index in [1.165, 1.54) is 4.90 Å². The molecule has 3 aromatic rings. The van der Waals surface area contributed by atoms with Crippen LogP contribution in [0.3, 0.4) is 0 Å². The van der Waals surface area contributed by atoms with Gasteiger partial charge in [-0.3, -0.25) is 9.59 Å². The molecule has 2 aliphatic heterocycles. The second-order valence-electron chi connectivity index (χ2n) is 8.76. The lowest BCUT2D eigenvalue weighted by molar-refractivity contribution is -0.122. The predicted molar refractivity (Wildman–Crippen MR) is 125 cm³/mol. The maximum atomic E-state index is 13.1. The number of carbonyl (C=O) groups is 2. The van der Waals surface area contributed by atoms with Crippen LogP contribution >= 0.6 is 11.6 Å². The van der Waals surface area contributed by atoms with Crippen molar-refractivity contribution in [1.82, 2.24) is 14.8 Å². The highest BCUT2D eigenvalue weighted by molar-refractivity contribution is 6.30. The van der Waals surface area contributed by atoms with E-state index in [1.54, 1.807) is 4.68 Å². The van der Waals surface area contributed by atoms with Crippen LogP contribution < -0.4 is 10.2 Å². The zero-order valence-corrected chi connectivity index (χ0v) is 18.5. The Kier molecular flexibility index (Phi) is 4.80. The average molecular weight is 460 g/mol. The van der Waals surface area contributed by atoms with E-state index in [0.717, 1.165) is 17.5 Å². The number of allylic oxidation sites excluding steroid dienone is 2. The van der Waals surface area contributed by atoms with Crippen LogP contribution in [0, 0.1) is 11.8 Å². The third kappa shape index (κ3) is 3.35. The van der Waals surface area contributed by atoms with Gasteiger partial charge in [0.15, 0.2) is 0 Å². The van der Waals surface area contributed by atoms with Gasteiger partial charge in [-0.25, -0.2) is 9.58 Å². The van der Waals surface area contributed by atoms with Crippen LogP contribution in [0.25, 0.3) is 0 Å². The normalized spacial score (nSPS) is 26.2. The maximum absolute atomic E-state index is 13.1. The molecule has 3 heterocycles. The molecule has 7 nitrogen and oxygen atoms in total. The minimum atomic E-state index is -0.319. The smallest absolute Gasteiger partial charge is 0.260 e. The number of imide groups is 1. The van der Waals surface area contributed by atoms with Crippen molar-refractivity contribution in [1.29, 1.82) is 0 Å². The monoisotopic (exact) mass is 459 g/mol. The van der Waals surface area contributed by atoms with Crippen LogP contribution in [0.2, 0.25) is 5.02 Å². The van der Waals surface area contributed by atoms with Crippen molar-refractivity contribution in [2.75, 3.05) is 10.2 Å². The molecule has 1 saturated heterocycles. The summed E-state index contributed by atoms with van der Waals surface area (Å²) in [4.78, 5) is 32.0. The first-order valence-corrected chi connectivity index (χ1v) is 11.5. The highest BCUT2D eigenvalue weighted by Crippen LogP contribution is 2.41. The molecule has 0 saturated carbocycles. The first kappa shape index (κ1) is 20.2. The van der Waals surface area contributed by atoms with Gasteiger partial charge in [-0.15, -0.1) is 5.10 Å². The first-order chi connectivity index (χ1) is 16.1. The molecule has 33 heavy (non-hydrogen) atoms. The number of nitrogens with one attached hydrogen (secondary N) is 1. The predicted octanol–water partition coefficient (Wildman–Crippen LogP) is 4.53. The minimum Gasteiger partial charge on any atom is -0.347 e. The Bertz CT molecular complexity index is 1230. The molecule has 2 amide bonds. The second kappa shape index (κ2) is 7.85. The van der Waals surface area contributed by atoms with Gasteiger partial charge in [0.2, 0.25) is 17.8 Å². The highest BCUT2D eigenvalue weighted by Gasteiger charge is 2.49. The maximum Gasteiger partial charge on any atom is 0.260 e. The van der Waals surface area contributed by atoms with Crippen LogP contribution in [-0.4, -0.2) is 26.6 Å². The fourth-order valence-electron chi connectivity index (χ4n) is 5.12. The molecule has 0 bridgehead atoms. The van der Waals surface area contributed by atoms with Crippen LogP contribution in [0.5, 0.6) is 0 Å². The van der Waals surface area contributed by atoms with E-state index in [0.29, 0.717) is 23.8 Å². The van der Waals surface area contributed by atoms with Gasteiger partial charge in [0.05, 0.1) is 23.9 Å². The third-order valence-electron chi connectivity index (χ3n) is 6.84. The molecule has 1 aromatic heterocycles. The molecule has 3 aliphatic rings. The van der Waals surface area contributed by atoms with E-state index < -0.39 is 0 Å². The number of carbonyl (C=O) groups excluding carboxylic acids is 2. The van der Waals surface area contributed by atoms with Crippen molar-refractivity contribution in [2.24, 2.45) is 11.8 Å². The minimum absolute atomic E-state index is 0.00758. The molecule has 1 fully saturated rings. The molecular weight excluding hydrogens is 438 g/mol. The standard InChI is InChI=1S/C25H22ClN5O2/c26-17-12-10-16(11-13-17)21-14-20(15-6-2-1-3-7-15)27-24-28-25(29-31(21)24)30-22(32)18-8-4-5-9-19(18)23(30)33/h1-7,10-13,18-21H,8-9,14H2,(H,27,28,29)/t18-,19+,20-,21+/m1/s1. The lowest BCUT2D eigenvalue weighted by Gasteiger charge is -2.31. The van der Waals surface area contributed by atoms with Gasteiger partial charge in [-0.1, -0.05) is 66.2 Å². The molecule has 6 rings (SSSR count). The van der Waals surface area contributed by atoms with E-state index in [-0.39, 0.29) is 41.7 Å². The number of hydrogen-bond donors (Lipinski definition) is 1. The fourth-order valence-corrected chi connectivity index (χ4v) is 5.25. The van der Waals surface area contributed by atoms with Crippen molar-refractivity contribution < 1.29 is 9.59 Å². The SMILES string of the molecule is O=C1[C@H]2CC=CC[C@H]2C(=O)N1c1nc2n(n1)[C@H](c1ccc(Cl)cc1)C[C@H](c1ccccc1)N2. The van der Waals surface area contributed by atoms with Crippen molar-refractivity contribution in [3.05, 3.63) is 82.9 Å². The van der Waals surface area contributed by atoms with Gasteiger partial charge in [0.25, 0.3) is 5.95 Å². The summed E-state index contributed by atoms with van der Waals surface area (Å²) < 4.78 is 1.79. The van der Waals surface area contributed by atoms with Gasteiger partial charge in [0.1, 0.15) is 0 Å². The quantitative estimate of drug-likeness (QED) is 0.459. The number of aromatic nitrogens is 3. The number of hydrogen-bond acceptors (Lipinski definition) is 5. The van der Waals surface area contributed by atoms with Gasteiger partial charge < -0.3 is 5.32 Å². The number of halogens is 1. The summed E-state index contributed by atoms with van der Waals surface area (Å²) in [5.74, 6) is -0.367. The summed E-state index contributed by atoms with van der Waals surface area (Å²) in [7, 11) is 0. The average Bonchev–Trinajstić information content (AvgIpc) is 3.38. The number of amides is 2. The fraction of sp³-hybridized carbons (Fsp3) is 0.280. The van der Waals surface area contributed by atoms with Crippen molar-refractivity contribution in [3.63, 3.8) is 0 Å². The summed E-state index contributed by atoms with van der Waals surface area (Å²) in [6.07, 6.45) is 5.86. The topological polar surface area (TPSA) is 80.1 Å². The lowest BCUT2D eigenvalue weighted by atomic mass is 9.85. The Morgan fingerprint density at radius 2 is 1.55 bits per heavy atom. The molecule has 0 unspecified atom stereocenters. The number of rotatable bonds is 3. The van der Waals surface area contributed by atoms with Crippen molar-refractivity contribution in [3.8, 4) is 0 Å². The molecule has 0 radical (unpaired) electrons. The summed E-state index contributed by atoms with van der Waals surface area (Å²) in [6.45, 7) is 0. The Morgan fingerprint density at radius 3 is 2.21 bits per heavy atom.